The normalized spacial score (nSPS) is 17.4. The molecule has 7 nitrogen and oxygen atoms in total. The third-order valence-corrected chi connectivity index (χ3v) is 6.76. The highest BCUT2D eigenvalue weighted by Gasteiger charge is 2.37. The van der Waals surface area contributed by atoms with Gasteiger partial charge in [0.15, 0.2) is 0 Å². The van der Waals surface area contributed by atoms with Crippen LogP contribution in [0.25, 0.3) is 0 Å². The molecule has 0 bridgehead atoms. The van der Waals surface area contributed by atoms with Gasteiger partial charge in [0.2, 0.25) is 16.0 Å². The quantitative estimate of drug-likeness (QED) is 0.688. The zero-order valence-electron chi connectivity index (χ0n) is 15.8. The van der Waals surface area contributed by atoms with Gasteiger partial charge in [0.1, 0.15) is 11.6 Å². The van der Waals surface area contributed by atoms with Crippen molar-refractivity contribution in [1.82, 2.24) is 19.3 Å². The SMILES string of the molecule is Cc1cc(S(=O)(=O)N2CCCC2c2cccc(Nc3ncccn3)n2)ccc1F. The number of sulfonamides is 1. The van der Waals surface area contributed by atoms with E-state index in [1.807, 2.05) is 12.1 Å². The first-order valence-corrected chi connectivity index (χ1v) is 10.7. The average Bonchev–Trinajstić information content (AvgIpc) is 3.22. The minimum atomic E-state index is -3.77. The van der Waals surface area contributed by atoms with Gasteiger partial charge in [-0.05, 0) is 61.7 Å². The summed E-state index contributed by atoms with van der Waals surface area (Å²) in [5.41, 5.74) is 0.944. The predicted octanol–water partition coefficient (Wildman–Crippen LogP) is 3.59. The van der Waals surface area contributed by atoms with Crippen LogP contribution in [0.4, 0.5) is 16.2 Å². The van der Waals surface area contributed by atoms with E-state index in [9.17, 15) is 12.8 Å². The smallest absolute Gasteiger partial charge is 0.243 e. The second kappa shape index (κ2) is 7.84. The summed E-state index contributed by atoms with van der Waals surface area (Å²) < 4.78 is 41.4. The van der Waals surface area contributed by atoms with Gasteiger partial charge in [0.25, 0.3) is 0 Å². The van der Waals surface area contributed by atoms with Crippen LogP contribution in [0.2, 0.25) is 0 Å². The zero-order valence-corrected chi connectivity index (χ0v) is 16.6. The van der Waals surface area contributed by atoms with Crippen molar-refractivity contribution < 1.29 is 12.8 Å². The van der Waals surface area contributed by atoms with E-state index in [1.165, 1.54) is 22.5 Å². The maximum atomic E-state index is 13.6. The van der Waals surface area contributed by atoms with Crippen molar-refractivity contribution in [2.24, 2.45) is 0 Å². The highest BCUT2D eigenvalue weighted by Crippen LogP contribution is 2.36. The Bertz CT molecular complexity index is 1120. The molecule has 3 heterocycles. The number of halogens is 1. The third kappa shape index (κ3) is 3.96. The van der Waals surface area contributed by atoms with E-state index in [0.29, 0.717) is 36.0 Å². The lowest BCUT2D eigenvalue weighted by Crippen LogP contribution is -2.31. The van der Waals surface area contributed by atoms with Crippen molar-refractivity contribution in [1.29, 1.82) is 0 Å². The summed E-state index contributed by atoms with van der Waals surface area (Å²) in [5, 5.41) is 3.02. The van der Waals surface area contributed by atoms with E-state index >= 15 is 0 Å². The number of anilines is 2. The Morgan fingerprint density at radius 3 is 2.69 bits per heavy atom. The van der Waals surface area contributed by atoms with E-state index in [-0.39, 0.29) is 10.9 Å². The van der Waals surface area contributed by atoms with E-state index in [4.69, 9.17) is 0 Å². The summed E-state index contributed by atoms with van der Waals surface area (Å²) in [6.07, 6.45) is 4.63. The third-order valence-electron chi connectivity index (χ3n) is 4.86. The molecule has 0 spiro atoms. The molecule has 2 aromatic heterocycles. The van der Waals surface area contributed by atoms with Crippen LogP contribution in [0.1, 0.15) is 30.1 Å². The van der Waals surface area contributed by atoms with Gasteiger partial charge in [-0.1, -0.05) is 6.07 Å². The summed E-state index contributed by atoms with van der Waals surface area (Å²) in [4.78, 5) is 12.9. The predicted molar refractivity (Wildman–Crippen MR) is 107 cm³/mol. The summed E-state index contributed by atoms with van der Waals surface area (Å²) in [7, 11) is -3.77. The number of benzene rings is 1. The molecule has 0 radical (unpaired) electrons. The summed E-state index contributed by atoms with van der Waals surface area (Å²) in [6, 6.07) is 10.6. The molecular formula is C20H20FN5O2S. The first-order valence-electron chi connectivity index (χ1n) is 9.24. The first-order chi connectivity index (χ1) is 13.9. The van der Waals surface area contributed by atoms with E-state index in [1.54, 1.807) is 31.5 Å². The van der Waals surface area contributed by atoms with Crippen molar-refractivity contribution in [2.45, 2.75) is 30.7 Å². The molecular weight excluding hydrogens is 393 g/mol. The first kappa shape index (κ1) is 19.4. The van der Waals surface area contributed by atoms with Crippen molar-refractivity contribution in [3.8, 4) is 0 Å². The molecule has 29 heavy (non-hydrogen) atoms. The molecule has 1 fully saturated rings. The van der Waals surface area contributed by atoms with Gasteiger partial charge < -0.3 is 5.32 Å². The van der Waals surface area contributed by atoms with E-state index in [0.717, 1.165) is 6.42 Å². The number of nitrogens with one attached hydrogen (secondary N) is 1. The number of hydrogen-bond acceptors (Lipinski definition) is 6. The number of rotatable bonds is 5. The molecule has 0 aliphatic carbocycles. The Labute approximate surface area is 168 Å². The highest BCUT2D eigenvalue weighted by atomic mass is 32.2. The average molecular weight is 413 g/mol. The minimum absolute atomic E-state index is 0.0928. The fourth-order valence-electron chi connectivity index (χ4n) is 3.42. The van der Waals surface area contributed by atoms with Crippen LogP contribution in [0.15, 0.2) is 59.8 Å². The number of pyridine rings is 1. The molecule has 4 rings (SSSR count). The van der Waals surface area contributed by atoms with Gasteiger partial charge in [-0.3, -0.25) is 0 Å². The van der Waals surface area contributed by atoms with Gasteiger partial charge in [0.05, 0.1) is 16.6 Å². The largest absolute Gasteiger partial charge is 0.309 e. The van der Waals surface area contributed by atoms with E-state index < -0.39 is 15.8 Å². The van der Waals surface area contributed by atoms with Crippen LogP contribution in [-0.2, 0) is 10.0 Å². The van der Waals surface area contributed by atoms with Gasteiger partial charge in [0, 0.05) is 18.9 Å². The summed E-state index contributed by atoms with van der Waals surface area (Å²) >= 11 is 0. The van der Waals surface area contributed by atoms with Gasteiger partial charge in [-0.25, -0.2) is 27.8 Å². The van der Waals surface area contributed by atoms with Crippen LogP contribution < -0.4 is 5.32 Å². The Morgan fingerprint density at radius 2 is 1.93 bits per heavy atom. The summed E-state index contributed by atoms with van der Waals surface area (Å²) in [5.74, 6) is 0.524. The van der Waals surface area contributed by atoms with E-state index in [2.05, 4.69) is 20.3 Å². The Kier molecular flexibility index (Phi) is 5.25. The van der Waals surface area contributed by atoms with Gasteiger partial charge in [-0.15, -0.1) is 0 Å². The molecule has 1 unspecified atom stereocenters. The molecule has 1 N–H and O–H groups in total. The Balaban J connectivity index is 1.63. The molecule has 150 valence electrons. The fourth-order valence-corrected chi connectivity index (χ4v) is 5.18. The van der Waals surface area contributed by atoms with Crippen molar-refractivity contribution >= 4 is 21.8 Å². The molecule has 1 aliphatic heterocycles. The monoisotopic (exact) mass is 413 g/mol. The standard InChI is InChI=1S/C20H20FN5O2S/c1-14-13-15(8-9-16(14)21)29(27,28)26-12-3-6-18(26)17-5-2-7-19(24-17)25-20-22-10-4-11-23-20/h2,4-5,7-11,13,18H,3,6,12H2,1H3,(H,22,23,24,25). The lowest BCUT2D eigenvalue weighted by Gasteiger charge is -2.24. The Hall–Kier alpha value is -2.91. The second-order valence-corrected chi connectivity index (χ2v) is 8.72. The highest BCUT2D eigenvalue weighted by molar-refractivity contribution is 7.89. The Morgan fingerprint density at radius 1 is 1.14 bits per heavy atom. The molecule has 1 saturated heterocycles. The van der Waals surface area contributed by atoms with Gasteiger partial charge >= 0.3 is 0 Å². The molecule has 0 saturated carbocycles. The van der Waals surface area contributed by atoms with Crippen LogP contribution in [0.3, 0.4) is 0 Å². The van der Waals surface area contributed by atoms with Gasteiger partial charge in [-0.2, -0.15) is 4.31 Å². The van der Waals surface area contributed by atoms with Crippen molar-refractivity contribution in [3.63, 3.8) is 0 Å². The molecule has 1 aromatic carbocycles. The molecule has 1 aliphatic rings. The van der Waals surface area contributed by atoms with Crippen LogP contribution in [0, 0.1) is 12.7 Å². The molecule has 1 atom stereocenters. The lowest BCUT2D eigenvalue weighted by molar-refractivity contribution is 0.390. The van der Waals surface area contributed by atoms with Crippen LogP contribution in [0.5, 0.6) is 0 Å². The topological polar surface area (TPSA) is 88.1 Å². The number of aromatic nitrogens is 3. The maximum Gasteiger partial charge on any atom is 0.243 e. The summed E-state index contributed by atoms with van der Waals surface area (Å²) in [6.45, 7) is 1.95. The molecule has 9 heteroatoms. The maximum absolute atomic E-state index is 13.6. The number of hydrogen-bond donors (Lipinski definition) is 1. The molecule has 0 amide bonds. The minimum Gasteiger partial charge on any atom is -0.309 e. The van der Waals surface area contributed by atoms with Crippen molar-refractivity contribution in [3.05, 3.63) is 71.9 Å². The van der Waals surface area contributed by atoms with Crippen LogP contribution in [-0.4, -0.2) is 34.2 Å². The zero-order chi connectivity index (χ0) is 20.4. The number of aryl methyl sites for hydroxylation is 1. The molecule has 3 aromatic rings. The van der Waals surface area contributed by atoms with Crippen molar-refractivity contribution in [2.75, 3.05) is 11.9 Å². The van der Waals surface area contributed by atoms with Crippen LogP contribution >= 0.6 is 0 Å². The second-order valence-electron chi connectivity index (χ2n) is 6.83. The number of nitrogens with zero attached hydrogens (tertiary/aromatic N) is 4. The fraction of sp³-hybridized carbons (Fsp3) is 0.250. The lowest BCUT2D eigenvalue weighted by atomic mass is 10.1.